The van der Waals surface area contributed by atoms with Gasteiger partial charge in [-0.15, -0.1) is 11.3 Å². The maximum atomic E-state index is 13.3. The van der Waals surface area contributed by atoms with Crippen LogP contribution in [0, 0.1) is 0 Å². The molecule has 5 rings (SSSR count). The van der Waals surface area contributed by atoms with Crippen LogP contribution >= 0.6 is 11.3 Å². The minimum Gasteiger partial charge on any atom is -0.359 e. The van der Waals surface area contributed by atoms with Crippen molar-refractivity contribution in [3.05, 3.63) is 64.8 Å². The van der Waals surface area contributed by atoms with Gasteiger partial charge < -0.3 is 15.6 Å². The highest BCUT2D eigenvalue weighted by atomic mass is 32.1. The summed E-state index contributed by atoms with van der Waals surface area (Å²) in [6.07, 6.45) is 13.4. The predicted octanol–water partition coefficient (Wildman–Crippen LogP) is 4.84. The summed E-state index contributed by atoms with van der Waals surface area (Å²) >= 11 is 1.46. The number of fused-ring (bicyclic) bond motifs is 1. The molecule has 9 nitrogen and oxygen atoms in total. The third-order valence-electron chi connectivity index (χ3n) is 7.19. The van der Waals surface area contributed by atoms with Crippen molar-refractivity contribution < 1.29 is 9.59 Å². The van der Waals surface area contributed by atoms with Crippen molar-refractivity contribution in [3.63, 3.8) is 0 Å². The lowest BCUT2D eigenvalue weighted by molar-refractivity contribution is -0.120. The number of hydrogen-bond acceptors (Lipinski definition) is 7. The Labute approximate surface area is 232 Å². The molecule has 0 radical (unpaired) electrons. The summed E-state index contributed by atoms with van der Waals surface area (Å²) in [5, 5.41) is 9.02. The predicted molar refractivity (Wildman–Crippen MR) is 153 cm³/mol. The van der Waals surface area contributed by atoms with Gasteiger partial charge in [0.25, 0.3) is 5.91 Å². The van der Waals surface area contributed by atoms with Crippen molar-refractivity contribution in [2.45, 2.75) is 57.5 Å². The number of hydrogen-bond donors (Lipinski definition) is 3. The van der Waals surface area contributed by atoms with Crippen LogP contribution in [-0.2, 0) is 11.3 Å². The van der Waals surface area contributed by atoms with Gasteiger partial charge in [0.05, 0.1) is 30.7 Å². The van der Waals surface area contributed by atoms with Crippen LogP contribution in [0.1, 0.15) is 71.5 Å². The number of nitrogens with zero attached hydrogens (tertiary/aromatic N) is 4. The van der Waals surface area contributed by atoms with Gasteiger partial charge >= 0.3 is 0 Å². The van der Waals surface area contributed by atoms with Crippen LogP contribution in [0.2, 0.25) is 0 Å². The van der Waals surface area contributed by atoms with Gasteiger partial charge in [0.1, 0.15) is 15.7 Å². The number of H-pyrrole nitrogens is 1. The molecular formula is C29H35N7O2S. The van der Waals surface area contributed by atoms with Crippen molar-refractivity contribution >= 4 is 33.9 Å². The van der Waals surface area contributed by atoms with Crippen LogP contribution in [0.3, 0.4) is 0 Å². The molecule has 3 aromatic heterocycles. The molecule has 1 aliphatic heterocycles. The third-order valence-corrected chi connectivity index (χ3v) is 8.17. The lowest BCUT2D eigenvalue weighted by Crippen LogP contribution is -2.28. The van der Waals surface area contributed by atoms with Crippen LogP contribution < -0.4 is 10.6 Å². The number of pyridine rings is 1. The Hall–Kier alpha value is -3.63. The standard InChI is InChI=1S/C29H35N7O2S/c1-30-26(37)8-4-2-3-7-23(35-29(38)25-18-32-27(39-25)19-36-13-5-6-14-36)28-33-17-24(34-28)21-10-9-20-11-12-31-16-22(20)15-21/h9-12,15-18,23H,2-8,13-14,19H2,1H3,(H,30,37)(H,33,34)(H,35,38). The summed E-state index contributed by atoms with van der Waals surface area (Å²) in [5.41, 5.74) is 1.90. The normalized spacial score (nSPS) is 14.5. The second kappa shape index (κ2) is 12.9. The first kappa shape index (κ1) is 27.0. The zero-order chi connectivity index (χ0) is 27.0. The molecule has 1 aliphatic rings. The average Bonchev–Trinajstić information content (AvgIpc) is 3.75. The lowest BCUT2D eigenvalue weighted by Gasteiger charge is -2.16. The molecule has 1 atom stereocenters. The van der Waals surface area contributed by atoms with Gasteiger partial charge in [0.2, 0.25) is 5.91 Å². The van der Waals surface area contributed by atoms with Gasteiger partial charge in [-0.1, -0.05) is 25.0 Å². The Morgan fingerprint density at radius 3 is 2.77 bits per heavy atom. The first-order valence-electron chi connectivity index (χ1n) is 13.7. The first-order chi connectivity index (χ1) is 19.1. The summed E-state index contributed by atoms with van der Waals surface area (Å²) in [6, 6.07) is 7.93. The first-order valence-corrected chi connectivity index (χ1v) is 14.5. The molecule has 204 valence electrons. The van der Waals surface area contributed by atoms with Crippen LogP contribution in [0.15, 0.2) is 49.1 Å². The number of unbranched alkanes of at least 4 members (excludes halogenated alkanes) is 2. The minimum absolute atomic E-state index is 0.0519. The molecule has 4 aromatic rings. The quantitative estimate of drug-likeness (QED) is 0.219. The third kappa shape index (κ3) is 7.07. The van der Waals surface area contributed by atoms with Crippen LogP contribution in [0.5, 0.6) is 0 Å². The summed E-state index contributed by atoms with van der Waals surface area (Å²) in [6.45, 7) is 2.99. The van der Waals surface area contributed by atoms with E-state index in [-0.39, 0.29) is 17.9 Å². The zero-order valence-electron chi connectivity index (χ0n) is 22.3. The number of carbonyl (C=O) groups excluding carboxylic acids is 2. The molecule has 39 heavy (non-hydrogen) atoms. The van der Waals surface area contributed by atoms with E-state index < -0.39 is 0 Å². The van der Waals surface area contributed by atoms with Gasteiger partial charge in [0.15, 0.2) is 0 Å². The smallest absolute Gasteiger partial charge is 0.263 e. The van der Waals surface area contributed by atoms with E-state index in [4.69, 9.17) is 0 Å². The van der Waals surface area contributed by atoms with E-state index in [0.29, 0.717) is 17.7 Å². The minimum atomic E-state index is -0.280. The number of imidazole rings is 1. The second-order valence-electron chi connectivity index (χ2n) is 10.0. The van der Waals surface area contributed by atoms with E-state index in [1.54, 1.807) is 19.4 Å². The molecule has 1 aromatic carbocycles. The van der Waals surface area contributed by atoms with Crippen molar-refractivity contribution in [2.24, 2.45) is 0 Å². The molecule has 1 saturated heterocycles. The van der Waals surface area contributed by atoms with E-state index in [9.17, 15) is 9.59 Å². The number of aromatic amines is 1. The fourth-order valence-corrected chi connectivity index (χ4v) is 5.84. The zero-order valence-corrected chi connectivity index (χ0v) is 23.1. The van der Waals surface area contributed by atoms with Gasteiger partial charge in [-0.2, -0.15) is 0 Å². The molecule has 4 heterocycles. The van der Waals surface area contributed by atoms with Crippen molar-refractivity contribution in [3.8, 4) is 11.3 Å². The fraction of sp³-hybridized carbons (Fsp3) is 0.414. The number of carbonyl (C=O) groups is 2. The van der Waals surface area contributed by atoms with Crippen LogP contribution in [0.25, 0.3) is 22.0 Å². The number of amides is 2. The molecule has 3 N–H and O–H groups in total. The van der Waals surface area contributed by atoms with E-state index in [2.05, 4.69) is 53.7 Å². The lowest BCUT2D eigenvalue weighted by atomic mass is 10.1. The van der Waals surface area contributed by atoms with E-state index in [1.165, 1.54) is 24.2 Å². The molecule has 2 amide bonds. The highest BCUT2D eigenvalue weighted by molar-refractivity contribution is 7.13. The van der Waals surface area contributed by atoms with Gasteiger partial charge in [-0.05, 0) is 56.3 Å². The monoisotopic (exact) mass is 545 g/mol. The average molecular weight is 546 g/mol. The number of benzene rings is 1. The van der Waals surface area contributed by atoms with E-state index >= 15 is 0 Å². The number of aromatic nitrogens is 4. The Kier molecular flexibility index (Phi) is 8.95. The molecule has 1 unspecified atom stereocenters. The maximum Gasteiger partial charge on any atom is 0.263 e. The number of nitrogens with one attached hydrogen (secondary N) is 3. The molecule has 0 saturated carbocycles. The molecule has 0 aliphatic carbocycles. The topological polar surface area (TPSA) is 116 Å². The Balaban J connectivity index is 1.28. The summed E-state index contributed by atoms with van der Waals surface area (Å²) in [4.78, 5) is 44.7. The Morgan fingerprint density at radius 2 is 1.92 bits per heavy atom. The highest BCUT2D eigenvalue weighted by Crippen LogP contribution is 2.26. The fourth-order valence-electron chi connectivity index (χ4n) is 4.98. The van der Waals surface area contributed by atoms with Gasteiger partial charge in [-0.25, -0.2) is 9.97 Å². The Morgan fingerprint density at radius 1 is 1.05 bits per heavy atom. The summed E-state index contributed by atoms with van der Waals surface area (Å²) < 4.78 is 0. The second-order valence-corrected chi connectivity index (χ2v) is 11.1. The summed E-state index contributed by atoms with van der Waals surface area (Å²) in [5.74, 6) is 0.638. The molecular weight excluding hydrogens is 510 g/mol. The number of likely N-dealkylation sites (tertiary alicyclic amines) is 1. The largest absolute Gasteiger partial charge is 0.359 e. The maximum absolute atomic E-state index is 13.3. The molecule has 1 fully saturated rings. The van der Waals surface area contributed by atoms with Crippen molar-refractivity contribution in [2.75, 3.05) is 20.1 Å². The SMILES string of the molecule is CNC(=O)CCCCCC(NC(=O)c1cnc(CN2CCCC2)s1)c1ncc(-c2ccc3ccncc3c2)[nH]1. The Bertz CT molecular complexity index is 1410. The molecule has 10 heteroatoms. The van der Waals surface area contributed by atoms with Gasteiger partial charge in [0, 0.05) is 36.8 Å². The summed E-state index contributed by atoms with van der Waals surface area (Å²) in [7, 11) is 1.66. The van der Waals surface area contributed by atoms with E-state index in [1.807, 2.05) is 18.5 Å². The molecule has 0 bridgehead atoms. The van der Waals surface area contributed by atoms with Gasteiger partial charge in [-0.3, -0.25) is 19.5 Å². The van der Waals surface area contributed by atoms with E-state index in [0.717, 1.165) is 71.8 Å². The van der Waals surface area contributed by atoms with Crippen molar-refractivity contribution in [1.82, 2.24) is 35.5 Å². The van der Waals surface area contributed by atoms with Crippen LogP contribution in [-0.4, -0.2) is 56.8 Å². The van der Waals surface area contributed by atoms with Crippen LogP contribution in [0.4, 0.5) is 0 Å². The number of thiazole rings is 1. The molecule has 0 spiro atoms. The highest BCUT2D eigenvalue weighted by Gasteiger charge is 2.21. The number of rotatable bonds is 12. The van der Waals surface area contributed by atoms with Crippen molar-refractivity contribution in [1.29, 1.82) is 0 Å².